The second-order valence-corrected chi connectivity index (χ2v) is 3.49. The fourth-order valence-electron chi connectivity index (χ4n) is 1.30. The first-order chi connectivity index (χ1) is 7.04. The van der Waals surface area contributed by atoms with Crippen molar-refractivity contribution in [1.82, 2.24) is 0 Å². The molecule has 3 heteroatoms. The molecule has 82 valence electrons. The summed E-state index contributed by atoms with van der Waals surface area (Å²) in [4.78, 5) is 0. The van der Waals surface area contributed by atoms with Gasteiger partial charge in [-0.25, -0.2) is 8.78 Å². The molecular formula is C12H14F2O. The van der Waals surface area contributed by atoms with Gasteiger partial charge in [0.2, 0.25) is 0 Å². The molecule has 0 saturated carbocycles. The van der Waals surface area contributed by atoms with Crippen LogP contribution >= 0.6 is 0 Å². The molecule has 1 atom stereocenters. The lowest BCUT2D eigenvalue weighted by Crippen LogP contribution is -2.02. The Morgan fingerprint density at radius 2 is 2.13 bits per heavy atom. The maximum Gasteiger partial charge on any atom is 0.131 e. The van der Waals surface area contributed by atoms with Crippen molar-refractivity contribution in [3.05, 3.63) is 47.5 Å². The molecule has 1 unspecified atom stereocenters. The molecular weight excluding hydrogens is 198 g/mol. The van der Waals surface area contributed by atoms with Crippen molar-refractivity contribution < 1.29 is 13.9 Å². The molecule has 1 nitrogen and oxygen atoms in total. The fourth-order valence-corrected chi connectivity index (χ4v) is 1.30. The van der Waals surface area contributed by atoms with E-state index in [1.807, 2.05) is 6.92 Å². The van der Waals surface area contributed by atoms with Gasteiger partial charge in [-0.2, -0.15) is 0 Å². The smallest absolute Gasteiger partial charge is 0.131 e. The van der Waals surface area contributed by atoms with E-state index in [2.05, 4.69) is 6.58 Å². The van der Waals surface area contributed by atoms with Gasteiger partial charge in [-0.1, -0.05) is 25.1 Å². The normalized spacial score (nSPS) is 12.5. The van der Waals surface area contributed by atoms with Crippen LogP contribution < -0.4 is 0 Å². The Morgan fingerprint density at radius 1 is 1.47 bits per heavy atom. The van der Waals surface area contributed by atoms with Crippen LogP contribution in [-0.4, -0.2) is 5.11 Å². The van der Waals surface area contributed by atoms with E-state index in [1.54, 1.807) is 0 Å². The second-order valence-electron chi connectivity index (χ2n) is 3.49. The summed E-state index contributed by atoms with van der Waals surface area (Å²) in [5.74, 6) is -1.36. The van der Waals surface area contributed by atoms with Crippen molar-refractivity contribution in [3.8, 4) is 0 Å². The highest BCUT2D eigenvalue weighted by molar-refractivity contribution is 5.22. The monoisotopic (exact) mass is 212 g/mol. The molecule has 1 aromatic rings. The molecule has 0 radical (unpaired) electrons. The van der Waals surface area contributed by atoms with E-state index in [0.29, 0.717) is 6.42 Å². The molecule has 1 rings (SSSR count). The summed E-state index contributed by atoms with van der Waals surface area (Å²) < 4.78 is 25.8. The van der Waals surface area contributed by atoms with Gasteiger partial charge in [-0.15, -0.1) is 0 Å². The van der Waals surface area contributed by atoms with Gasteiger partial charge in [-0.3, -0.25) is 0 Å². The molecule has 1 N–H and O–H groups in total. The number of rotatable bonds is 4. The van der Waals surface area contributed by atoms with Crippen molar-refractivity contribution in [2.24, 2.45) is 0 Å². The van der Waals surface area contributed by atoms with E-state index >= 15 is 0 Å². The van der Waals surface area contributed by atoms with Crippen LogP contribution in [0.3, 0.4) is 0 Å². The van der Waals surface area contributed by atoms with Crippen LogP contribution in [0.25, 0.3) is 0 Å². The zero-order valence-electron chi connectivity index (χ0n) is 8.63. The Labute approximate surface area is 88.1 Å². The number of aliphatic hydroxyl groups excluding tert-OH is 1. The predicted molar refractivity (Wildman–Crippen MR) is 55.4 cm³/mol. The summed E-state index contributed by atoms with van der Waals surface area (Å²) in [5, 5.41) is 9.67. The molecule has 0 aliphatic rings. The standard InChI is InChI=1S/C12H14F2O/c1-3-8(2)6-12(15)10-5-4-9(13)7-11(10)14/h4-5,7,12,15H,2-3,6H2,1H3. The van der Waals surface area contributed by atoms with Crippen LogP contribution in [-0.2, 0) is 0 Å². The molecule has 0 aliphatic carbocycles. The molecule has 0 bridgehead atoms. The molecule has 1 aromatic carbocycles. The van der Waals surface area contributed by atoms with Gasteiger partial charge in [0.15, 0.2) is 0 Å². The minimum absolute atomic E-state index is 0.117. The maximum atomic E-state index is 13.2. The summed E-state index contributed by atoms with van der Waals surface area (Å²) in [5.41, 5.74) is 0.956. The highest BCUT2D eigenvalue weighted by atomic mass is 19.1. The molecule has 15 heavy (non-hydrogen) atoms. The molecule has 0 fully saturated rings. The van der Waals surface area contributed by atoms with E-state index in [9.17, 15) is 13.9 Å². The number of benzene rings is 1. The third kappa shape index (κ3) is 3.13. The van der Waals surface area contributed by atoms with Crippen molar-refractivity contribution in [2.45, 2.75) is 25.9 Å². The van der Waals surface area contributed by atoms with Crippen LogP contribution in [0.1, 0.15) is 31.4 Å². The molecule has 0 saturated heterocycles. The van der Waals surface area contributed by atoms with E-state index in [0.717, 1.165) is 24.1 Å². The summed E-state index contributed by atoms with van der Waals surface area (Å²) in [6.45, 7) is 5.64. The highest BCUT2D eigenvalue weighted by Gasteiger charge is 2.13. The van der Waals surface area contributed by atoms with Crippen molar-refractivity contribution >= 4 is 0 Å². The Bertz CT molecular complexity index is 361. The first kappa shape index (κ1) is 11.9. The third-order valence-electron chi connectivity index (χ3n) is 2.30. The molecule has 0 aliphatic heterocycles. The van der Waals surface area contributed by atoms with Crippen molar-refractivity contribution in [2.75, 3.05) is 0 Å². The van der Waals surface area contributed by atoms with Crippen LogP contribution in [0, 0.1) is 11.6 Å². The van der Waals surface area contributed by atoms with Crippen LogP contribution in [0.4, 0.5) is 8.78 Å². The van der Waals surface area contributed by atoms with Gasteiger partial charge in [-0.05, 0) is 18.9 Å². The zero-order valence-corrected chi connectivity index (χ0v) is 8.63. The fraction of sp³-hybridized carbons (Fsp3) is 0.333. The Balaban J connectivity index is 2.82. The Morgan fingerprint density at radius 3 is 2.67 bits per heavy atom. The predicted octanol–water partition coefficient (Wildman–Crippen LogP) is 3.35. The van der Waals surface area contributed by atoms with Crippen molar-refractivity contribution in [1.29, 1.82) is 0 Å². The first-order valence-corrected chi connectivity index (χ1v) is 4.84. The number of hydrogen-bond donors (Lipinski definition) is 1. The highest BCUT2D eigenvalue weighted by Crippen LogP contribution is 2.24. The summed E-state index contributed by atoms with van der Waals surface area (Å²) in [6.07, 6.45) is 0.0944. The van der Waals surface area contributed by atoms with Crippen LogP contribution in [0.2, 0.25) is 0 Å². The zero-order chi connectivity index (χ0) is 11.4. The van der Waals surface area contributed by atoms with Gasteiger partial charge in [0.05, 0.1) is 6.10 Å². The lowest BCUT2D eigenvalue weighted by atomic mass is 10.0. The Hall–Kier alpha value is -1.22. The van der Waals surface area contributed by atoms with E-state index < -0.39 is 17.7 Å². The van der Waals surface area contributed by atoms with E-state index in [1.165, 1.54) is 6.07 Å². The molecule has 0 aromatic heterocycles. The third-order valence-corrected chi connectivity index (χ3v) is 2.30. The van der Waals surface area contributed by atoms with Gasteiger partial charge >= 0.3 is 0 Å². The molecule has 0 heterocycles. The second kappa shape index (κ2) is 5.03. The van der Waals surface area contributed by atoms with Crippen LogP contribution in [0.5, 0.6) is 0 Å². The van der Waals surface area contributed by atoms with Gasteiger partial charge in [0, 0.05) is 11.6 Å². The maximum absolute atomic E-state index is 13.2. The first-order valence-electron chi connectivity index (χ1n) is 4.84. The Kier molecular flexibility index (Phi) is 3.97. The van der Waals surface area contributed by atoms with Crippen molar-refractivity contribution in [3.63, 3.8) is 0 Å². The number of halogens is 2. The average Bonchev–Trinajstić information content (AvgIpc) is 2.17. The van der Waals surface area contributed by atoms with Crippen LogP contribution in [0.15, 0.2) is 30.4 Å². The average molecular weight is 212 g/mol. The SMILES string of the molecule is C=C(CC)CC(O)c1ccc(F)cc1F. The quantitative estimate of drug-likeness (QED) is 0.759. The number of aliphatic hydroxyl groups is 1. The summed E-state index contributed by atoms with van der Waals surface area (Å²) in [7, 11) is 0. The lowest BCUT2D eigenvalue weighted by molar-refractivity contribution is 0.172. The summed E-state index contributed by atoms with van der Waals surface area (Å²) >= 11 is 0. The van der Waals surface area contributed by atoms with Gasteiger partial charge in [0.1, 0.15) is 11.6 Å². The molecule has 0 spiro atoms. The van der Waals surface area contributed by atoms with Gasteiger partial charge < -0.3 is 5.11 Å². The summed E-state index contributed by atoms with van der Waals surface area (Å²) in [6, 6.07) is 3.17. The minimum Gasteiger partial charge on any atom is -0.388 e. The number of hydrogen-bond acceptors (Lipinski definition) is 1. The van der Waals surface area contributed by atoms with Gasteiger partial charge in [0.25, 0.3) is 0 Å². The van der Waals surface area contributed by atoms with E-state index in [-0.39, 0.29) is 5.56 Å². The topological polar surface area (TPSA) is 20.2 Å². The van der Waals surface area contributed by atoms with E-state index in [4.69, 9.17) is 0 Å². The minimum atomic E-state index is -0.946. The lowest BCUT2D eigenvalue weighted by Gasteiger charge is -2.12. The molecule has 0 amide bonds. The largest absolute Gasteiger partial charge is 0.388 e.